The Kier molecular flexibility index (Phi) is 4.54. The van der Waals surface area contributed by atoms with E-state index in [4.69, 9.17) is 10.5 Å². The molecular formula is C17H34N2O. The lowest BCUT2D eigenvalue weighted by Gasteiger charge is -2.51. The summed E-state index contributed by atoms with van der Waals surface area (Å²) in [5.74, 6) is 0. The van der Waals surface area contributed by atoms with Crippen molar-refractivity contribution in [2.45, 2.75) is 95.9 Å². The highest BCUT2D eigenvalue weighted by atomic mass is 16.5. The molecule has 0 amide bonds. The van der Waals surface area contributed by atoms with E-state index >= 15 is 0 Å². The van der Waals surface area contributed by atoms with Gasteiger partial charge in [-0.3, -0.25) is 4.90 Å². The summed E-state index contributed by atoms with van der Waals surface area (Å²) in [6.07, 6.45) is 7.82. The third kappa shape index (κ3) is 2.65. The summed E-state index contributed by atoms with van der Waals surface area (Å²) < 4.78 is 6.39. The highest BCUT2D eigenvalue weighted by molar-refractivity contribution is 5.14. The molecule has 20 heavy (non-hydrogen) atoms. The fourth-order valence-corrected chi connectivity index (χ4v) is 4.92. The SMILES string of the molecule is CCN(C1CCCCC1)C1(CN)CC(C)(C)OC1(C)C. The minimum Gasteiger partial charge on any atom is -0.368 e. The molecule has 1 aliphatic carbocycles. The fraction of sp³-hybridized carbons (Fsp3) is 1.00. The molecule has 0 radical (unpaired) electrons. The van der Waals surface area contributed by atoms with Gasteiger partial charge in [-0.05, 0) is 53.5 Å². The summed E-state index contributed by atoms with van der Waals surface area (Å²) in [6, 6.07) is 0.689. The molecule has 1 aliphatic heterocycles. The summed E-state index contributed by atoms with van der Waals surface area (Å²) in [7, 11) is 0. The van der Waals surface area contributed by atoms with Crippen molar-refractivity contribution in [3.63, 3.8) is 0 Å². The van der Waals surface area contributed by atoms with Crippen LogP contribution in [0.25, 0.3) is 0 Å². The molecule has 2 fully saturated rings. The normalized spacial score (nSPS) is 33.8. The highest BCUT2D eigenvalue weighted by Crippen LogP contribution is 2.49. The van der Waals surface area contributed by atoms with E-state index in [0.717, 1.165) is 13.0 Å². The van der Waals surface area contributed by atoms with Crippen molar-refractivity contribution in [3.05, 3.63) is 0 Å². The van der Waals surface area contributed by atoms with Crippen LogP contribution in [0.5, 0.6) is 0 Å². The third-order valence-corrected chi connectivity index (χ3v) is 5.61. The van der Waals surface area contributed by atoms with E-state index in [-0.39, 0.29) is 16.7 Å². The zero-order valence-corrected chi connectivity index (χ0v) is 14.2. The molecule has 3 heteroatoms. The molecule has 0 aromatic carbocycles. The molecule has 3 nitrogen and oxygen atoms in total. The Hall–Kier alpha value is -0.120. The van der Waals surface area contributed by atoms with E-state index in [1.807, 2.05) is 0 Å². The maximum atomic E-state index is 6.39. The van der Waals surface area contributed by atoms with Gasteiger partial charge in [-0.15, -0.1) is 0 Å². The van der Waals surface area contributed by atoms with Crippen molar-refractivity contribution in [1.29, 1.82) is 0 Å². The number of hydrogen-bond donors (Lipinski definition) is 1. The monoisotopic (exact) mass is 282 g/mol. The van der Waals surface area contributed by atoms with Crippen molar-refractivity contribution in [3.8, 4) is 0 Å². The summed E-state index contributed by atoms with van der Waals surface area (Å²) in [4.78, 5) is 2.70. The molecule has 2 N–H and O–H groups in total. The van der Waals surface area contributed by atoms with E-state index in [1.54, 1.807) is 0 Å². The van der Waals surface area contributed by atoms with Crippen LogP contribution in [0.4, 0.5) is 0 Å². The molecular weight excluding hydrogens is 248 g/mol. The fourth-order valence-electron chi connectivity index (χ4n) is 4.92. The van der Waals surface area contributed by atoms with E-state index < -0.39 is 0 Å². The smallest absolute Gasteiger partial charge is 0.0830 e. The van der Waals surface area contributed by atoms with Crippen molar-refractivity contribution in [2.24, 2.45) is 5.73 Å². The van der Waals surface area contributed by atoms with Crippen molar-refractivity contribution >= 4 is 0 Å². The van der Waals surface area contributed by atoms with Gasteiger partial charge in [0.2, 0.25) is 0 Å². The molecule has 0 aromatic rings. The predicted molar refractivity (Wildman–Crippen MR) is 84.9 cm³/mol. The number of hydrogen-bond acceptors (Lipinski definition) is 3. The molecule has 1 heterocycles. The first kappa shape index (κ1) is 16.3. The minimum absolute atomic E-state index is 0.0206. The van der Waals surface area contributed by atoms with E-state index in [0.29, 0.717) is 12.6 Å². The maximum absolute atomic E-state index is 6.39. The van der Waals surface area contributed by atoms with Crippen LogP contribution < -0.4 is 5.73 Å². The number of ether oxygens (including phenoxy) is 1. The van der Waals surface area contributed by atoms with Crippen LogP contribution in [0.2, 0.25) is 0 Å². The van der Waals surface area contributed by atoms with Gasteiger partial charge >= 0.3 is 0 Å². The molecule has 1 unspecified atom stereocenters. The van der Waals surface area contributed by atoms with Gasteiger partial charge in [-0.1, -0.05) is 26.2 Å². The summed E-state index contributed by atoms with van der Waals surface area (Å²) in [5, 5.41) is 0. The topological polar surface area (TPSA) is 38.5 Å². The Labute approximate surface area is 125 Å². The summed E-state index contributed by atoms with van der Waals surface area (Å²) >= 11 is 0. The van der Waals surface area contributed by atoms with Crippen LogP contribution in [0.15, 0.2) is 0 Å². The van der Waals surface area contributed by atoms with Gasteiger partial charge in [-0.25, -0.2) is 0 Å². The second kappa shape index (κ2) is 5.58. The Bertz CT molecular complexity index is 334. The zero-order valence-electron chi connectivity index (χ0n) is 14.2. The van der Waals surface area contributed by atoms with Crippen LogP contribution in [-0.2, 0) is 4.74 Å². The molecule has 1 saturated heterocycles. The number of likely N-dealkylation sites (N-methyl/N-ethyl adjacent to an activating group) is 1. The van der Waals surface area contributed by atoms with E-state index in [1.165, 1.54) is 32.1 Å². The van der Waals surface area contributed by atoms with Gasteiger partial charge in [0.1, 0.15) is 0 Å². The molecule has 1 saturated carbocycles. The van der Waals surface area contributed by atoms with Crippen molar-refractivity contribution in [1.82, 2.24) is 4.90 Å². The van der Waals surface area contributed by atoms with E-state index in [9.17, 15) is 0 Å². The standard InChI is InChI=1S/C17H34N2O/c1-6-19(14-10-8-7-9-11-14)17(13-18)12-15(2,3)20-16(17,4)5/h14H,6-13,18H2,1-5H3. The van der Waals surface area contributed by atoms with Gasteiger partial charge in [0.15, 0.2) is 0 Å². The maximum Gasteiger partial charge on any atom is 0.0830 e. The number of rotatable bonds is 4. The summed E-state index contributed by atoms with van der Waals surface area (Å²) in [5.41, 5.74) is 6.05. The van der Waals surface area contributed by atoms with Gasteiger partial charge in [-0.2, -0.15) is 0 Å². The van der Waals surface area contributed by atoms with Gasteiger partial charge in [0, 0.05) is 12.6 Å². The quantitative estimate of drug-likeness (QED) is 0.859. The summed E-state index contributed by atoms with van der Waals surface area (Å²) in [6.45, 7) is 12.9. The Morgan fingerprint density at radius 1 is 1.10 bits per heavy atom. The largest absolute Gasteiger partial charge is 0.368 e. The first-order valence-corrected chi connectivity index (χ1v) is 8.45. The predicted octanol–water partition coefficient (Wildman–Crippen LogP) is 3.32. The molecule has 0 bridgehead atoms. The number of nitrogens with zero attached hydrogens (tertiary/aromatic N) is 1. The van der Waals surface area contributed by atoms with Crippen LogP contribution in [0.3, 0.4) is 0 Å². The number of nitrogens with two attached hydrogens (primary N) is 1. The Balaban J connectivity index is 2.32. The van der Waals surface area contributed by atoms with Crippen molar-refractivity contribution in [2.75, 3.05) is 13.1 Å². The van der Waals surface area contributed by atoms with Gasteiger partial charge in [0.05, 0.1) is 16.7 Å². The van der Waals surface area contributed by atoms with Crippen LogP contribution >= 0.6 is 0 Å². The molecule has 0 spiro atoms. The lowest BCUT2D eigenvalue weighted by atomic mass is 9.75. The zero-order chi connectivity index (χ0) is 15.0. The average molecular weight is 282 g/mol. The first-order chi connectivity index (χ1) is 9.28. The molecule has 0 aromatic heterocycles. The second-order valence-electron chi connectivity index (χ2n) is 7.86. The lowest BCUT2D eigenvalue weighted by Crippen LogP contribution is -2.66. The van der Waals surface area contributed by atoms with Crippen LogP contribution in [-0.4, -0.2) is 40.8 Å². The van der Waals surface area contributed by atoms with Gasteiger partial charge < -0.3 is 10.5 Å². The minimum atomic E-state index is -0.182. The van der Waals surface area contributed by atoms with Crippen molar-refractivity contribution < 1.29 is 4.74 Å². The Morgan fingerprint density at radius 2 is 1.70 bits per heavy atom. The van der Waals surface area contributed by atoms with Crippen LogP contribution in [0.1, 0.15) is 73.1 Å². The average Bonchev–Trinajstić information content (AvgIpc) is 2.57. The van der Waals surface area contributed by atoms with E-state index in [2.05, 4.69) is 39.5 Å². The highest BCUT2D eigenvalue weighted by Gasteiger charge is 2.59. The first-order valence-electron chi connectivity index (χ1n) is 8.45. The molecule has 1 atom stereocenters. The Morgan fingerprint density at radius 3 is 2.10 bits per heavy atom. The molecule has 2 rings (SSSR count). The lowest BCUT2D eigenvalue weighted by molar-refractivity contribution is -0.112. The second-order valence-corrected chi connectivity index (χ2v) is 7.86. The molecule has 118 valence electrons. The van der Waals surface area contributed by atoms with Crippen LogP contribution in [0, 0.1) is 0 Å². The third-order valence-electron chi connectivity index (χ3n) is 5.61. The molecule has 2 aliphatic rings. The van der Waals surface area contributed by atoms with Gasteiger partial charge in [0.25, 0.3) is 0 Å².